The van der Waals surface area contributed by atoms with E-state index in [9.17, 15) is 9.59 Å². The lowest BCUT2D eigenvalue weighted by atomic mass is 9.85. The summed E-state index contributed by atoms with van der Waals surface area (Å²) in [5.41, 5.74) is 17.0. The summed E-state index contributed by atoms with van der Waals surface area (Å²) in [6.07, 6.45) is 2.71. The summed E-state index contributed by atoms with van der Waals surface area (Å²) in [5, 5.41) is 16.8. The molecule has 304 valence electrons. The molecule has 2 aromatic heterocycles. The number of aromatic amines is 1. The van der Waals surface area contributed by atoms with E-state index in [-0.39, 0.29) is 35.0 Å². The van der Waals surface area contributed by atoms with Crippen molar-refractivity contribution in [1.29, 1.82) is 0 Å². The number of H-pyrrole nitrogens is 1. The third-order valence-corrected chi connectivity index (χ3v) is 10.3. The van der Waals surface area contributed by atoms with Gasteiger partial charge in [0.05, 0.1) is 12.3 Å². The van der Waals surface area contributed by atoms with Gasteiger partial charge in [0.2, 0.25) is 0 Å². The highest BCUT2D eigenvalue weighted by molar-refractivity contribution is 5.95. The summed E-state index contributed by atoms with van der Waals surface area (Å²) in [6, 6.07) is 16.3. The first-order valence-electron chi connectivity index (χ1n) is 19.8. The van der Waals surface area contributed by atoms with Crippen molar-refractivity contribution < 1.29 is 9.90 Å². The summed E-state index contributed by atoms with van der Waals surface area (Å²) < 4.78 is 1.58. The zero-order valence-electron chi connectivity index (χ0n) is 34.2. The second-order valence-corrected chi connectivity index (χ2v) is 16.7. The summed E-state index contributed by atoms with van der Waals surface area (Å²) in [4.78, 5) is 43.7. The number of guanidine groups is 1. The first-order chi connectivity index (χ1) is 26.6. The number of benzene rings is 2. The minimum absolute atomic E-state index is 0.00109. The van der Waals surface area contributed by atoms with Crippen molar-refractivity contribution in [3.8, 4) is 5.69 Å². The molecule has 2 aliphatic heterocycles. The molecule has 0 saturated carbocycles. The second-order valence-electron chi connectivity index (χ2n) is 16.7. The molecule has 4 aromatic rings. The van der Waals surface area contributed by atoms with E-state index >= 15 is 0 Å². The second kappa shape index (κ2) is 18.9. The maximum atomic E-state index is 13.2. The van der Waals surface area contributed by atoms with Crippen molar-refractivity contribution in [3.63, 3.8) is 0 Å². The standard InChI is InChI=1S/C21H29N7O.C21H34N4O2/c1-21(2,3)17-11-15-13-28(20(29)27-18(15)26-17)16-7-5-14(6-8-16)12-24-9-4-10-25-19(22)23;1-21(2,3)18-14-17(15-19(16-18)24-6-4-22-5-7-24)20(27)25-10-8-23(9-11-25)12-13-26/h5-8,11,13,24H,4,9-10,12H2,1-3H3,(H4,22,23,25)(H,26,27,29);14-16,22,26H,4-13H2,1-3H3. The molecular weight excluding hydrogens is 707 g/mol. The third kappa shape index (κ3) is 11.6. The molecule has 14 heteroatoms. The minimum Gasteiger partial charge on any atom is -0.395 e. The first kappa shape index (κ1) is 42.4. The number of fused-ring (bicyclic) bond motifs is 1. The molecule has 0 unspecified atom stereocenters. The van der Waals surface area contributed by atoms with Gasteiger partial charge >= 0.3 is 5.69 Å². The Bertz CT molecular complexity index is 1970. The Morgan fingerprint density at radius 2 is 1.61 bits per heavy atom. The van der Waals surface area contributed by atoms with Gasteiger partial charge in [-0.3, -0.25) is 19.3 Å². The molecule has 0 radical (unpaired) electrons. The molecule has 2 aliphatic rings. The Balaban J connectivity index is 0.000000215. The number of hydrogen-bond acceptors (Lipinski definition) is 9. The van der Waals surface area contributed by atoms with Crippen LogP contribution in [0.4, 0.5) is 5.69 Å². The SMILES string of the molecule is CC(C)(C)c1cc(C(=O)N2CCN(CCO)CC2)cc(N2CCNCC2)c1.CC(C)(C)c1cc2cn(-c3ccc(CNCCCN=C(N)N)cc3)c(=O)nc2[nH]1. The van der Waals surface area contributed by atoms with Crippen molar-refractivity contribution in [2.45, 2.75) is 65.3 Å². The van der Waals surface area contributed by atoms with E-state index in [1.807, 2.05) is 35.4 Å². The van der Waals surface area contributed by atoms with Crippen molar-refractivity contribution in [3.05, 3.63) is 87.6 Å². The van der Waals surface area contributed by atoms with Crippen molar-refractivity contribution in [1.82, 2.24) is 35.0 Å². The van der Waals surface area contributed by atoms with Gasteiger partial charge in [-0.25, -0.2) is 4.79 Å². The Kier molecular flexibility index (Phi) is 14.3. The van der Waals surface area contributed by atoms with E-state index in [0.29, 0.717) is 18.7 Å². The van der Waals surface area contributed by atoms with Gasteiger partial charge in [0, 0.05) is 106 Å². The molecule has 1 amide bonds. The maximum absolute atomic E-state index is 13.2. The third-order valence-electron chi connectivity index (χ3n) is 10.3. The zero-order chi connectivity index (χ0) is 40.5. The number of nitrogens with one attached hydrogen (secondary N) is 3. The van der Waals surface area contributed by atoms with E-state index in [1.54, 1.807) is 4.57 Å². The molecule has 2 saturated heterocycles. The van der Waals surface area contributed by atoms with Crippen LogP contribution in [0.15, 0.2) is 64.5 Å². The quantitative estimate of drug-likeness (QED) is 0.0753. The highest BCUT2D eigenvalue weighted by Crippen LogP contribution is 2.30. The van der Waals surface area contributed by atoms with Gasteiger partial charge in [0.1, 0.15) is 5.65 Å². The highest BCUT2D eigenvalue weighted by Gasteiger charge is 2.25. The molecule has 8 N–H and O–H groups in total. The Morgan fingerprint density at radius 1 is 0.911 bits per heavy atom. The first-order valence-corrected chi connectivity index (χ1v) is 19.8. The molecule has 0 spiro atoms. The number of anilines is 1. The van der Waals surface area contributed by atoms with Gasteiger partial charge < -0.3 is 42.0 Å². The van der Waals surface area contributed by atoms with Gasteiger partial charge in [0.25, 0.3) is 5.91 Å². The Labute approximate surface area is 331 Å². The van der Waals surface area contributed by atoms with E-state index in [4.69, 9.17) is 16.6 Å². The average molecular weight is 770 g/mol. The van der Waals surface area contributed by atoms with Crippen molar-refractivity contribution >= 4 is 28.6 Å². The fraction of sp³-hybridized carbons (Fsp3) is 0.524. The van der Waals surface area contributed by atoms with Crippen LogP contribution >= 0.6 is 0 Å². The number of carbonyl (C=O) groups is 1. The van der Waals surface area contributed by atoms with E-state index in [2.05, 4.69) is 101 Å². The van der Waals surface area contributed by atoms with Crippen LogP contribution in [0.2, 0.25) is 0 Å². The molecule has 0 bridgehead atoms. The topological polar surface area (TPSA) is 186 Å². The van der Waals surface area contributed by atoms with Crippen LogP contribution in [0, 0.1) is 0 Å². The maximum Gasteiger partial charge on any atom is 0.354 e. The van der Waals surface area contributed by atoms with Crippen LogP contribution in [0.3, 0.4) is 0 Å². The number of aliphatic hydroxyl groups excluding tert-OH is 1. The molecule has 0 atom stereocenters. The van der Waals surface area contributed by atoms with Gasteiger partial charge in [-0.1, -0.05) is 53.7 Å². The molecule has 0 aliphatic carbocycles. The van der Waals surface area contributed by atoms with Gasteiger partial charge in [-0.15, -0.1) is 0 Å². The van der Waals surface area contributed by atoms with E-state index < -0.39 is 0 Å². The fourth-order valence-corrected chi connectivity index (χ4v) is 6.77. The van der Waals surface area contributed by atoms with Gasteiger partial charge in [0.15, 0.2) is 5.96 Å². The number of nitrogens with zero attached hydrogens (tertiary/aromatic N) is 6. The molecular formula is C42H63N11O3. The number of aliphatic hydroxyl groups is 1. The van der Waals surface area contributed by atoms with Gasteiger partial charge in [-0.2, -0.15) is 4.98 Å². The summed E-state index contributed by atoms with van der Waals surface area (Å²) in [6.45, 7) is 23.0. The molecule has 2 aromatic carbocycles. The van der Waals surface area contributed by atoms with Gasteiger partial charge in [-0.05, 0) is 65.9 Å². The average Bonchev–Trinajstić information content (AvgIpc) is 3.60. The summed E-state index contributed by atoms with van der Waals surface area (Å²) >= 11 is 0. The van der Waals surface area contributed by atoms with Crippen LogP contribution in [0.5, 0.6) is 0 Å². The number of aromatic nitrogens is 3. The van der Waals surface area contributed by atoms with Crippen molar-refractivity contribution in [2.24, 2.45) is 16.5 Å². The molecule has 4 heterocycles. The van der Waals surface area contributed by atoms with Crippen LogP contribution in [-0.2, 0) is 17.4 Å². The normalized spacial score (nSPS) is 15.4. The van der Waals surface area contributed by atoms with E-state index in [1.165, 1.54) is 5.56 Å². The van der Waals surface area contributed by atoms with Crippen LogP contribution < -0.4 is 32.7 Å². The Morgan fingerprint density at radius 3 is 2.23 bits per heavy atom. The monoisotopic (exact) mass is 770 g/mol. The Hall–Kier alpha value is -4.76. The molecule has 14 nitrogen and oxygen atoms in total. The number of amides is 1. The number of aliphatic imine (C=N–C) groups is 1. The smallest absolute Gasteiger partial charge is 0.354 e. The number of β-amino-alcohol motifs (C(OH)–C–C–N with tert-alkyl or cyclic N) is 1. The van der Waals surface area contributed by atoms with Crippen LogP contribution in [0.1, 0.15) is 75.1 Å². The van der Waals surface area contributed by atoms with Crippen LogP contribution in [0.25, 0.3) is 16.7 Å². The lowest BCUT2D eigenvalue weighted by molar-refractivity contribution is 0.0615. The summed E-state index contributed by atoms with van der Waals surface area (Å²) in [5.74, 6) is 0.249. The number of piperazine rings is 2. The van der Waals surface area contributed by atoms with Crippen molar-refractivity contribution in [2.75, 3.05) is 83.5 Å². The number of rotatable bonds is 11. The zero-order valence-corrected chi connectivity index (χ0v) is 34.2. The fourth-order valence-electron chi connectivity index (χ4n) is 6.77. The largest absolute Gasteiger partial charge is 0.395 e. The predicted molar refractivity (Wildman–Crippen MR) is 227 cm³/mol. The lowest BCUT2D eigenvalue weighted by Gasteiger charge is -2.35. The minimum atomic E-state index is -0.301. The molecule has 56 heavy (non-hydrogen) atoms. The highest BCUT2D eigenvalue weighted by atomic mass is 16.3. The van der Waals surface area contributed by atoms with E-state index in [0.717, 1.165) is 105 Å². The number of nitrogens with two attached hydrogens (primary N) is 2. The number of hydrogen-bond donors (Lipinski definition) is 6. The molecule has 6 rings (SSSR count). The predicted octanol–water partition coefficient (Wildman–Crippen LogP) is 2.91. The lowest BCUT2D eigenvalue weighted by Crippen LogP contribution is -2.49. The number of carbonyl (C=O) groups excluding carboxylic acids is 1. The van der Waals surface area contributed by atoms with Crippen LogP contribution in [-0.4, -0.2) is 120 Å². The summed E-state index contributed by atoms with van der Waals surface area (Å²) in [7, 11) is 0. The molecule has 2 fully saturated rings.